The number of ether oxygens (including phenoxy) is 2. The van der Waals surface area contributed by atoms with Gasteiger partial charge in [-0.05, 0) is 50.4 Å². The van der Waals surface area contributed by atoms with Crippen LogP contribution in [0.15, 0.2) is 12.1 Å². The van der Waals surface area contributed by atoms with E-state index in [2.05, 4.69) is 20.2 Å². The summed E-state index contributed by atoms with van der Waals surface area (Å²) in [5.41, 5.74) is 2.34. The first kappa shape index (κ1) is 34.4. The first-order valence-electron chi connectivity index (χ1n) is 16.6. The van der Waals surface area contributed by atoms with E-state index in [0.717, 1.165) is 43.3 Å². The van der Waals surface area contributed by atoms with Crippen LogP contribution < -0.4 is 25.4 Å². The first-order chi connectivity index (χ1) is 23.9. The molecule has 4 aromatic rings. The number of nitrogens with zero attached hydrogens (tertiary/aromatic N) is 6. The van der Waals surface area contributed by atoms with Crippen molar-refractivity contribution >= 4 is 43.1 Å². The van der Waals surface area contributed by atoms with Crippen molar-refractivity contribution in [2.75, 3.05) is 63.7 Å². The summed E-state index contributed by atoms with van der Waals surface area (Å²) in [6, 6.07) is 4.02. The predicted octanol–water partition coefficient (Wildman–Crippen LogP) is 6.16. The van der Waals surface area contributed by atoms with Crippen molar-refractivity contribution in [1.82, 2.24) is 25.2 Å². The van der Waals surface area contributed by atoms with Crippen LogP contribution in [0.3, 0.4) is 0 Å². The lowest BCUT2D eigenvalue weighted by Crippen LogP contribution is -2.51. The lowest BCUT2D eigenvalue weighted by atomic mass is 9.73. The quantitative estimate of drug-likeness (QED) is 0.205. The molecule has 3 fully saturated rings. The van der Waals surface area contributed by atoms with Crippen molar-refractivity contribution in [2.24, 2.45) is 11.3 Å². The molecule has 3 N–H and O–H groups in total. The van der Waals surface area contributed by atoms with E-state index in [-0.39, 0.29) is 73.9 Å². The third-order valence-electron chi connectivity index (χ3n) is 10.5. The molecule has 6 heterocycles. The topological polar surface area (TPSA) is 125 Å². The maximum atomic E-state index is 17.2. The van der Waals surface area contributed by atoms with Crippen molar-refractivity contribution in [1.29, 1.82) is 5.26 Å². The highest BCUT2D eigenvalue weighted by Crippen LogP contribution is 2.48. The second-order valence-electron chi connectivity index (χ2n) is 13.6. The SMILES string of the molecule is CCN1CC[C@H](CF)[C@](C)(COc2nc(N3C[C@H]4CC[C@@H](C3)N4)c3c(OC)nc(-c4c(C(F)(F)F)ccc5sc(N)c(C#N)c45)c(F)c3n2)C1. The zero-order valence-corrected chi connectivity index (χ0v) is 28.6. The van der Waals surface area contributed by atoms with Crippen molar-refractivity contribution < 1.29 is 31.4 Å². The van der Waals surface area contributed by atoms with Gasteiger partial charge in [0, 0.05) is 52.8 Å². The zero-order chi connectivity index (χ0) is 35.5. The number of alkyl halides is 4. The molecular formula is C34H37F5N8O2S. The molecule has 266 valence electrons. The van der Waals surface area contributed by atoms with E-state index in [4.69, 9.17) is 20.2 Å². The number of nitrogens with one attached hydrogen (secondary N) is 1. The highest BCUT2D eigenvalue weighted by Gasteiger charge is 2.42. The lowest BCUT2D eigenvalue weighted by Gasteiger charge is -2.44. The number of nitrogen functional groups attached to an aromatic ring is 1. The fourth-order valence-corrected chi connectivity index (χ4v) is 8.74. The standard InChI is InChI=1S/C34H37F5N8O2S/c1-4-46-10-9-17(11-35)33(2,15-46)16-49-32-44-28-25(30(45-32)47-13-18-5-6-19(14-47)42-18)31(48-3)43-27(26(28)36)24-21(34(37,38)39)7-8-22-23(24)20(12-40)29(41)50-22/h7-8,17-19,42H,4-6,9-11,13-16,41H2,1-3H3/t17-,18-,19+,33+/m1/s1. The molecule has 3 aliphatic heterocycles. The molecule has 0 saturated carbocycles. The van der Waals surface area contributed by atoms with Gasteiger partial charge in [-0.15, -0.1) is 11.3 Å². The molecule has 0 amide bonds. The Balaban J connectivity index is 1.45. The fourth-order valence-electron chi connectivity index (χ4n) is 7.81. The number of piperazine rings is 1. The molecule has 0 aliphatic carbocycles. The van der Waals surface area contributed by atoms with Gasteiger partial charge in [-0.2, -0.15) is 28.4 Å². The number of methoxy groups -OCH3 is 1. The number of hydrogen-bond acceptors (Lipinski definition) is 11. The van der Waals surface area contributed by atoms with E-state index in [1.807, 2.05) is 24.8 Å². The third kappa shape index (κ3) is 5.82. The summed E-state index contributed by atoms with van der Waals surface area (Å²) in [7, 11) is 1.29. The van der Waals surface area contributed by atoms with E-state index in [9.17, 15) is 22.8 Å². The minimum absolute atomic E-state index is 0.00528. The number of benzene rings is 1. The molecule has 50 heavy (non-hydrogen) atoms. The van der Waals surface area contributed by atoms with Crippen LogP contribution in [-0.4, -0.2) is 85.1 Å². The first-order valence-corrected chi connectivity index (χ1v) is 17.4. The fraction of sp³-hybridized carbons (Fsp3) is 0.529. The molecule has 10 nitrogen and oxygen atoms in total. The van der Waals surface area contributed by atoms with Crippen molar-refractivity contribution in [3.63, 3.8) is 0 Å². The van der Waals surface area contributed by atoms with Crippen LogP contribution >= 0.6 is 11.3 Å². The molecule has 7 rings (SSSR count). The summed E-state index contributed by atoms with van der Waals surface area (Å²) in [6.07, 6.45) is -2.42. The Bertz CT molecular complexity index is 1990. The minimum atomic E-state index is -4.94. The van der Waals surface area contributed by atoms with Gasteiger partial charge < -0.3 is 30.3 Å². The van der Waals surface area contributed by atoms with E-state index in [0.29, 0.717) is 26.1 Å². The van der Waals surface area contributed by atoms with Crippen LogP contribution in [-0.2, 0) is 6.18 Å². The Morgan fingerprint density at radius 1 is 1.14 bits per heavy atom. The van der Waals surface area contributed by atoms with Gasteiger partial charge in [-0.25, -0.2) is 9.37 Å². The molecule has 3 aromatic heterocycles. The second kappa shape index (κ2) is 12.9. The number of likely N-dealkylation sites (tertiary alicyclic amines) is 1. The van der Waals surface area contributed by atoms with Crippen LogP contribution in [0.2, 0.25) is 0 Å². The van der Waals surface area contributed by atoms with Gasteiger partial charge in [-0.1, -0.05) is 13.8 Å². The summed E-state index contributed by atoms with van der Waals surface area (Å²) in [5, 5.41) is 13.4. The van der Waals surface area contributed by atoms with E-state index < -0.39 is 40.9 Å². The average molecular weight is 717 g/mol. The molecule has 0 unspecified atom stereocenters. The van der Waals surface area contributed by atoms with Gasteiger partial charge in [0.15, 0.2) is 5.82 Å². The maximum Gasteiger partial charge on any atom is 0.417 e. The Labute approximate surface area is 289 Å². The van der Waals surface area contributed by atoms with Gasteiger partial charge in [0.1, 0.15) is 33.5 Å². The monoisotopic (exact) mass is 716 g/mol. The molecule has 4 atom stereocenters. The number of nitriles is 1. The Morgan fingerprint density at radius 3 is 2.52 bits per heavy atom. The number of thiophene rings is 1. The molecule has 3 aliphatic rings. The average Bonchev–Trinajstić information content (AvgIpc) is 3.62. The summed E-state index contributed by atoms with van der Waals surface area (Å²) in [6.45, 7) is 6.65. The Morgan fingerprint density at radius 2 is 1.88 bits per heavy atom. The minimum Gasteiger partial charge on any atom is -0.480 e. The van der Waals surface area contributed by atoms with Crippen molar-refractivity contribution in [3.05, 3.63) is 29.1 Å². The van der Waals surface area contributed by atoms with Crippen molar-refractivity contribution in [2.45, 2.75) is 51.4 Å². The Kier molecular flexibility index (Phi) is 8.88. The summed E-state index contributed by atoms with van der Waals surface area (Å²) >= 11 is 0.922. The number of pyridine rings is 1. The number of rotatable bonds is 8. The number of fused-ring (bicyclic) bond motifs is 4. The van der Waals surface area contributed by atoms with Crippen LogP contribution in [0.4, 0.5) is 32.8 Å². The molecular weight excluding hydrogens is 679 g/mol. The predicted molar refractivity (Wildman–Crippen MR) is 181 cm³/mol. The van der Waals surface area contributed by atoms with Gasteiger partial charge in [0.25, 0.3) is 0 Å². The zero-order valence-electron chi connectivity index (χ0n) is 27.8. The van der Waals surface area contributed by atoms with E-state index in [1.165, 1.54) is 13.2 Å². The van der Waals surface area contributed by atoms with Crippen molar-refractivity contribution in [3.8, 4) is 29.2 Å². The van der Waals surface area contributed by atoms with Crippen LogP contribution in [0, 0.1) is 28.5 Å². The van der Waals surface area contributed by atoms with Gasteiger partial charge >= 0.3 is 12.2 Å². The number of nitrogens with two attached hydrogens (primary N) is 1. The van der Waals surface area contributed by atoms with E-state index in [1.54, 1.807) is 0 Å². The molecule has 16 heteroatoms. The van der Waals surface area contributed by atoms with Crippen LogP contribution in [0.1, 0.15) is 44.2 Å². The number of hydrogen-bond donors (Lipinski definition) is 2. The van der Waals surface area contributed by atoms with Gasteiger partial charge in [0.05, 0.1) is 31.5 Å². The lowest BCUT2D eigenvalue weighted by molar-refractivity contribution is -0.137. The number of aromatic nitrogens is 3. The van der Waals surface area contributed by atoms with Gasteiger partial charge in [0.2, 0.25) is 5.88 Å². The highest BCUT2D eigenvalue weighted by molar-refractivity contribution is 7.23. The summed E-state index contributed by atoms with van der Waals surface area (Å²) < 4.78 is 87.4. The number of piperidine rings is 1. The summed E-state index contributed by atoms with van der Waals surface area (Å²) in [4.78, 5) is 17.7. The second-order valence-corrected chi connectivity index (χ2v) is 14.7. The molecule has 3 saturated heterocycles. The third-order valence-corrected chi connectivity index (χ3v) is 11.5. The van der Waals surface area contributed by atoms with Gasteiger partial charge in [-0.3, -0.25) is 4.39 Å². The number of halogens is 5. The molecule has 2 bridgehead atoms. The Hall–Kier alpha value is -4.07. The van der Waals surface area contributed by atoms with Crippen LogP contribution in [0.5, 0.6) is 11.9 Å². The van der Waals surface area contributed by atoms with E-state index >= 15 is 4.39 Å². The highest BCUT2D eigenvalue weighted by atomic mass is 32.1. The maximum absolute atomic E-state index is 17.2. The molecule has 0 radical (unpaired) electrons. The molecule has 1 aromatic carbocycles. The smallest absolute Gasteiger partial charge is 0.417 e. The summed E-state index contributed by atoms with van der Waals surface area (Å²) in [5.74, 6) is -1.36. The normalized spacial score (nSPS) is 24.2. The molecule has 0 spiro atoms. The number of anilines is 2. The largest absolute Gasteiger partial charge is 0.480 e. The van der Waals surface area contributed by atoms with Crippen LogP contribution in [0.25, 0.3) is 32.2 Å².